The van der Waals surface area contributed by atoms with E-state index in [0.29, 0.717) is 90.1 Å². The Kier molecular flexibility index (Phi) is 11.9. The predicted molar refractivity (Wildman–Crippen MR) is 231 cm³/mol. The molecule has 3 saturated heterocycles. The zero-order valence-electron chi connectivity index (χ0n) is 35.1. The van der Waals surface area contributed by atoms with Crippen molar-refractivity contribution in [1.29, 1.82) is 0 Å². The Bertz CT molecular complexity index is 2290. The van der Waals surface area contributed by atoms with Crippen LogP contribution in [0.25, 0.3) is 21.6 Å². The SMILES string of the molecule is C=C[C@@H]1C[C@]1(CC(=O)[C@@H]1C[C@@H](Oc2cc(-c3nc(C(C)C)cs3)nc3c(Cl)c(OCCN4CCOCC4)ccc23)[C@H]2CC[C@H](C(C)C)C(=O)N21)C(=O)NS(=O)(=O)C1(C)CC1. The quantitative estimate of drug-likeness (QED) is 0.151. The molecule has 1 N–H and O–H groups in total. The van der Waals surface area contributed by atoms with Gasteiger partial charge in [-0.25, -0.2) is 18.4 Å². The number of piperidine rings is 1. The summed E-state index contributed by atoms with van der Waals surface area (Å²) < 4.78 is 46.3. The Morgan fingerprint density at radius 1 is 1.13 bits per heavy atom. The van der Waals surface area contributed by atoms with E-state index in [4.69, 9.17) is 35.8 Å². The van der Waals surface area contributed by atoms with Crippen molar-refractivity contribution in [2.75, 3.05) is 39.5 Å². The Morgan fingerprint density at radius 3 is 2.53 bits per heavy atom. The van der Waals surface area contributed by atoms with Gasteiger partial charge in [-0.1, -0.05) is 45.4 Å². The number of ketones is 1. The summed E-state index contributed by atoms with van der Waals surface area (Å²) in [5.41, 5.74) is 0.762. The number of hydrogen-bond acceptors (Lipinski definition) is 12. The standard InChI is InChI=1S/C44H56ClN5O8S2/c1-7-27-22-44(27,42(53)48-60(54,55)43(6)12-13-43)23-34(51)33-21-37(32-10-8-28(25(2)3)41(52)50(32)33)58-36-20-30(40-47-31(24-59-40)26(4)5)46-39-29(36)9-11-35(38(39)45)57-19-16-49-14-17-56-18-15-49/h7,9,11,20,24-28,32-33,37H,1,8,10,12-19,21-23H2,2-6H3,(H,48,53)/t27-,28-,32-,33+,37-,44-/m1/s1. The molecule has 8 rings (SSSR count). The molecule has 0 spiro atoms. The number of amides is 2. The molecule has 3 aliphatic heterocycles. The van der Waals surface area contributed by atoms with Crippen LogP contribution in [0.15, 0.2) is 36.2 Å². The number of morpholine rings is 1. The number of pyridine rings is 1. The van der Waals surface area contributed by atoms with Crippen LogP contribution in [0.4, 0.5) is 0 Å². The molecule has 2 aromatic heterocycles. The fourth-order valence-electron chi connectivity index (χ4n) is 9.12. The lowest BCUT2D eigenvalue weighted by Gasteiger charge is -2.40. The first-order chi connectivity index (χ1) is 28.6. The van der Waals surface area contributed by atoms with Gasteiger partial charge in [-0.2, -0.15) is 0 Å². The van der Waals surface area contributed by atoms with Gasteiger partial charge in [0.2, 0.25) is 21.8 Å². The predicted octanol–water partition coefficient (Wildman–Crippen LogP) is 6.78. The molecule has 2 amide bonds. The fraction of sp³-hybridized carbons (Fsp3) is 0.614. The summed E-state index contributed by atoms with van der Waals surface area (Å²) in [5.74, 6) is -0.434. The van der Waals surface area contributed by atoms with Gasteiger partial charge in [0.25, 0.3) is 0 Å². The van der Waals surface area contributed by atoms with Gasteiger partial charge < -0.3 is 19.1 Å². The lowest BCUT2D eigenvalue weighted by Crippen LogP contribution is -2.54. The zero-order valence-corrected chi connectivity index (χ0v) is 37.5. The number of sulfonamides is 1. The van der Waals surface area contributed by atoms with Gasteiger partial charge in [0.1, 0.15) is 39.9 Å². The smallest absolute Gasteiger partial charge is 0.240 e. The Morgan fingerprint density at radius 2 is 1.88 bits per heavy atom. The van der Waals surface area contributed by atoms with Crippen LogP contribution in [0.2, 0.25) is 5.02 Å². The van der Waals surface area contributed by atoms with E-state index in [9.17, 15) is 22.8 Å². The molecule has 0 unspecified atom stereocenters. The summed E-state index contributed by atoms with van der Waals surface area (Å²) in [7, 11) is -3.93. The van der Waals surface area contributed by atoms with Crippen LogP contribution in [0.5, 0.6) is 11.5 Å². The summed E-state index contributed by atoms with van der Waals surface area (Å²) in [5, 5.41) is 3.73. The Hall–Kier alpha value is -3.63. The second kappa shape index (κ2) is 16.6. The molecular formula is C44H56ClN5O8S2. The number of Topliss-reactive ketones (excluding diaryl/α,β-unsaturated/α-hetero) is 1. The number of carbonyl (C=O) groups is 3. The molecule has 16 heteroatoms. The molecule has 6 atom stereocenters. The van der Waals surface area contributed by atoms with Crippen molar-refractivity contribution in [3.63, 3.8) is 0 Å². The zero-order chi connectivity index (χ0) is 42.7. The number of thiazole rings is 1. The van der Waals surface area contributed by atoms with E-state index in [1.54, 1.807) is 17.9 Å². The third-order valence-electron chi connectivity index (χ3n) is 13.5. The molecule has 3 aromatic rings. The topological polar surface area (TPSA) is 157 Å². The second-order valence-electron chi connectivity index (χ2n) is 18.2. The van der Waals surface area contributed by atoms with Crippen LogP contribution in [0, 0.1) is 23.2 Å². The molecule has 13 nitrogen and oxygen atoms in total. The van der Waals surface area contributed by atoms with Crippen molar-refractivity contribution in [3.05, 3.63) is 47.0 Å². The molecule has 60 heavy (non-hydrogen) atoms. The highest BCUT2D eigenvalue weighted by Gasteiger charge is 2.63. The van der Waals surface area contributed by atoms with Gasteiger partial charge in [0.15, 0.2) is 5.78 Å². The number of benzene rings is 1. The number of aromatic nitrogens is 2. The minimum atomic E-state index is -3.93. The van der Waals surface area contributed by atoms with Crippen LogP contribution in [-0.4, -0.2) is 108 Å². The average molecular weight is 883 g/mol. The number of fused-ring (bicyclic) bond motifs is 2. The first-order valence-corrected chi connectivity index (χ1v) is 24.0. The Labute approximate surface area is 361 Å². The van der Waals surface area contributed by atoms with Gasteiger partial charge in [0.05, 0.1) is 46.7 Å². The molecule has 2 saturated carbocycles. The molecule has 2 aliphatic carbocycles. The van der Waals surface area contributed by atoms with Gasteiger partial charge in [-0.3, -0.25) is 24.0 Å². The van der Waals surface area contributed by atoms with E-state index in [1.807, 2.05) is 37.4 Å². The average Bonchev–Trinajstić information content (AvgIpc) is 4.02. The van der Waals surface area contributed by atoms with Crippen molar-refractivity contribution in [3.8, 4) is 22.2 Å². The minimum Gasteiger partial charge on any atom is -0.491 e. The van der Waals surface area contributed by atoms with Gasteiger partial charge in [-0.15, -0.1) is 17.9 Å². The molecule has 1 aromatic carbocycles. The maximum atomic E-state index is 14.6. The Balaban J connectivity index is 1.10. The number of nitrogens with one attached hydrogen (secondary N) is 1. The summed E-state index contributed by atoms with van der Waals surface area (Å²) in [6.45, 7) is 17.9. The van der Waals surface area contributed by atoms with Crippen LogP contribution >= 0.6 is 22.9 Å². The van der Waals surface area contributed by atoms with E-state index in [1.165, 1.54) is 11.3 Å². The maximum Gasteiger partial charge on any atom is 0.240 e. The molecule has 5 heterocycles. The highest BCUT2D eigenvalue weighted by Crippen LogP contribution is 2.57. The largest absolute Gasteiger partial charge is 0.491 e. The van der Waals surface area contributed by atoms with E-state index < -0.39 is 44.3 Å². The van der Waals surface area contributed by atoms with E-state index in [0.717, 1.165) is 25.3 Å². The summed E-state index contributed by atoms with van der Waals surface area (Å²) in [6, 6.07) is 4.30. The van der Waals surface area contributed by atoms with Crippen LogP contribution in [0.3, 0.4) is 0 Å². The van der Waals surface area contributed by atoms with E-state index in [-0.39, 0.29) is 48.2 Å². The number of rotatable bonds is 16. The maximum absolute atomic E-state index is 14.6. The summed E-state index contributed by atoms with van der Waals surface area (Å²) in [6.07, 6.45) is 3.56. The number of carbonyl (C=O) groups excluding carboxylic acids is 3. The highest BCUT2D eigenvalue weighted by molar-refractivity contribution is 7.91. The summed E-state index contributed by atoms with van der Waals surface area (Å²) in [4.78, 5) is 56.7. The van der Waals surface area contributed by atoms with Crippen molar-refractivity contribution < 1.29 is 37.0 Å². The normalized spacial score (nSPS) is 27.6. The first kappa shape index (κ1) is 43.0. The third kappa shape index (κ3) is 8.09. The number of ether oxygens (including phenoxy) is 3. The molecule has 5 fully saturated rings. The minimum absolute atomic E-state index is 0.0574. The van der Waals surface area contributed by atoms with Gasteiger partial charge >= 0.3 is 0 Å². The number of allylic oxidation sites excluding steroid dienone is 1. The van der Waals surface area contributed by atoms with Gasteiger partial charge in [0, 0.05) is 55.2 Å². The summed E-state index contributed by atoms with van der Waals surface area (Å²) >= 11 is 8.61. The first-order valence-electron chi connectivity index (χ1n) is 21.3. The lowest BCUT2D eigenvalue weighted by atomic mass is 9.84. The van der Waals surface area contributed by atoms with Crippen LogP contribution in [-0.2, 0) is 29.1 Å². The van der Waals surface area contributed by atoms with Crippen LogP contribution < -0.4 is 14.2 Å². The number of halogens is 1. The van der Waals surface area contributed by atoms with Crippen molar-refractivity contribution in [1.82, 2.24) is 24.5 Å². The molecule has 5 aliphatic rings. The number of hydrogen-bond donors (Lipinski definition) is 1. The molecule has 324 valence electrons. The molecular weight excluding hydrogens is 826 g/mol. The molecule has 0 bridgehead atoms. The van der Waals surface area contributed by atoms with Crippen molar-refractivity contribution in [2.24, 2.45) is 23.2 Å². The molecule has 0 radical (unpaired) electrons. The third-order valence-corrected chi connectivity index (χ3v) is 16.9. The highest BCUT2D eigenvalue weighted by atomic mass is 35.5. The monoisotopic (exact) mass is 881 g/mol. The van der Waals surface area contributed by atoms with E-state index in [2.05, 4.69) is 30.0 Å². The second-order valence-corrected chi connectivity index (χ2v) is 21.6. The number of nitrogens with zero attached hydrogens (tertiary/aromatic N) is 4. The van der Waals surface area contributed by atoms with Crippen molar-refractivity contribution >= 4 is 61.5 Å². The van der Waals surface area contributed by atoms with Gasteiger partial charge in [-0.05, 0) is 68.9 Å². The lowest BCUT2D eigenvalue weighted by molar-refractivity contribution is -0.149. The van der Waals surface area contributed by atoms with Crippen LogP contribution in [0.1, 0.15) is 91.2 Å². The fourth-order valence-corrected chi connectivity index (χ4v) is 11.7. The van der Waals surface area contributed by atoms with E-state index >= 15 is 0 Å². The van der Waals surface area contributed by atoms with Crippen molar-refractivity contribution in [2.45, 2.75) is 108 Å².